The van der Waals surface area contributed by atoms with Gasteiger partial charge >= 0.3 is 12.0 Å². The molecule has 0 saturated carbocycles. The molecule has 2 N–H and O–H groups in total. The molecule has 0 aromatic carbocycles. The van der Waals surface area contributed by atoms with Crippen LogP contribution in [0, 0.1) is 5.92 Å². The maximum absolute atomic E-state index is 12.6. The van der Waals surface area contributed by atoms with Crippen LogP contribution in [0.3, 0.4) is 0 Å². The van der Waals surface area contributed by atoms with Gasteiger partial charge in [0, 0.05) is 19.6 Å². The molecule has 2 heterocycles. The van der Waals surface area contributed by atoms with E-state index in [1.807, 2.05) is 6.92 Å². The number of nitrogens with zero attached hydrogens (tertiary/aromatic N) is 2. The Hall–Kier alpha value is -1.83. The van der Waals surface area contributed by atoms with Crippen LogP contribution in [0.4, 0.5) is 4.79 Å². The highest BCUT2D eigenvalue weighted by atomic mass is 16.5. The van der Waals surface area contributed by atoms with Gasteiger partial charge in [-0.3, -0.25) is 9.59 Å². The number of rotatable bonds is 4. The first-order chi connectivity index (χ1) is 10.0. The van der Waals surface area contributed by atoms with Crippen molar-refractivity contribution >= 4 is 17.9 Å². The SMILES string of the molecule is CCCN(C(=O)N1CCNC(=O)C1)C1COCC1C(=O)O. The van der Waals surface area contributed by atoms with Crippen LogP contribution in [-0.4, -0.2) is 78.2 Å². The number of urea groups is 1. The van der Waals surface area contributed by atoms with Crippen molar-refractivity contribution in [1.82, 2.24) is 15.1 Å². The molecule has 8 heteroatoms. The number of carbonyl (C=O) groups is 3. The summed E-state index contributed by atoms with van der Waals surface area (Å²) in [6.07, 6.45) is 0.717. The van der Waals surface area contributed by atoms with Gasteiger partial charge in [0.1, 0.15) is 12.5 Å². The Morgan fingerprint density at radius 1 is 1.48 bits per heavy atom. The molecule has 2 fully saturated rings. The molecule has 2 atom stereocenters. The Labute approximate surface area is 123 Å². The van der Waals surface area contributed by atoms with Gasteiger partial charge in [0.05, 0.1) is 19.3 Å². The quantitative estimate of drug-likeness (QED) is 0.718. The van der Waals surface area contributed by atoms with Gasteiger partial charge in [-0.2, -0.15) is 0 Å². The fourth-order valence-corrected chi connectivity index (χ4v) is 2.71. The van der Waals surface area contributed by atoms with Gasteiger partial charge in [-0.15, -0.1) is 0 Å². The number of carboxylic acid groups (broad SMARTS) is 1. The van der Waals surface area contributed by atoms with Crippen LogP contribution >= 0.6 is 0 Å². The van der Waals surface area contributed by atoms with Crippen molar-refractivity contribution in [3.8, 4) is 0 Å². The van der Waals surface area contributed by atoms with E-state index in [0.717, 1.165) is 0 Å². The van der Waals surface area contributed by atoms with E-state index in [1.54, 1.807) is 4.90 Å². The van der Waals surface area contributed by atoms with Crippen LogP contribution < -0.4 is 5.32 Å². The fourth-order valence-electron chi connectivity index (χ4n) is 2.71. The topological polar surface area (TPSA) is 99.2 Å². The van der Waals surface area contributed by atoms with Crippen LogP contribution in [-0.2, 0) is 14.3 Å². The van der Waals surface area contributed by atoms with E-state index in [1.165, 1.54) is 4.90 Å². The molecule has 8 nitrogen and oxygen atoms in total. The maximum atomic E-state index is 12.6. The van der Waals surface area contributed by atoms with E-state index in [2.05, 4.69) is 5.32 Å². The van der Waals surface area contributed by atoms with Crippen molar-refractivity contribution < 1.29 is 24.2 Å². The number of amides is 3. The van der Waals surface area contributed by atoms with Gasteiger partial charge in [0.2, 0.25) is 5.91 Å². The predicted molar refractivity (Wildman–Crippen MR) is 72.7 cm³/mol. The summed E-state index contributed by atoms with van der Waals surface area (Å²) in [7, 11) is 0. The van der Waals surface area contributed by atoms with Crippen LogP contribution in [0.2, 0.25) is 0 Å². The van der Waals surface area contributed by atoms with E-state index < -0.39 is 17.9 Å². The van der Waals surface area contributed by atoms with E-state index in [4.69, 9.17) is 4.74 Å². The van der Waals surface area contributed by atoms with Gasteiger partial charge < -0.3 is 25.0 Å². The molecule has 2 rings (SSSR count). The van der Waals surface area contributed by atoms with Gasteiger partial charge in [-0.25, -0.2) is 4.79 Å². The summed E-state index contributed by atoms with van der Waals surface area (Å²) >= 11 is 0. The maximum Gasteiger partial charge on any atom is 0.320 e. The van der Waals surface area contributed by atoms with Gasteiger partial charge in [0.15, 0.2) is 0 Å². The van der Waals surface area contributed by atoms with Gasteiger partial charge in [-0.1, -0.05) is 6.92 Å². The first-order valence-electron chi connectivity index (χ1n) is 7.17. The minimum atomic E-state index is -0.956. The number of nitrogens with one attached hydrogen (secondary N) is 1. The summed E-state index contributed by atoms with van der Waals surface area (Å²) in [4.78, 5) is 38.3. The number of carbonyl (C=O) groups excluding carboxylic acids is 2. The molecule has 2 unspecified atom stereocenters. The monoisotopic (exact) mass is 299 g/mol. The highest BCUT2D eigenvalue weighted by Gasteiger charge is 2.41. The average Bonchev–Trinajstić information content (AvgIpc) is 2.93. The minimum Gasteiger partial charge on any atom is -0.481 e. The summed E-state index contributed by atoms with van der Waals surface area (Å²) in [6.45, 7) is 3.61. The van der Waals surface area contributed by atoms with Gasteiger partial charge in [0.25, 0.3) is 0 Å². The van der Waals surface area contributed by atoms with E-state index in [9.17, 15) is 19.5 Å². The molecule has 2 saturated heterocycles. The van der Waals surface area contributed by atoms with Crippen molar-refractivity contribution in [2.24, 2.45) is 5.92 Å². The molecular weight excluding hydrogens is 278 g/mol. The molecule has 0 bridgehead atoms. The molecule has 118 valence electrons. The third-order valence-electron chi connectivity index (χ3n) is 3.79. The average molecular weight is 299 g/mol. The van der Waals surface area contributed by atoms with Crippen molar-refractivity contribution in [3.63, 3.8) is 0 Å². The number of aliphatic carboxylic acids is 1. The second-order valence-electron chi connectivity index (χ2n) is 5.30. The van der Waals surface area contributed by atoms with Crippen molar-refractivity contribution in [1.29, 1.82) is 0 Å². The molecule has 21 heavy (non-hydrogen) atoms. The fraction of sp³-hybridized carbons (Fsp3) is 0.769. The highest BCUT2D eigenvalue weighted by molar-refractivity contribution is 5.85. The highest BCUT2D eigenvalue weighted by Crippen LogP contribution is 2.22. The van der Waals surface area contributed by atoms with Crippen LogP contribution in [0.25, 0.3) is 0 Å². The van der Waals surface area contributed by atoms with Crippen LogP contribution in [0.15, 0.2) is 0 Å². The summed E-state index contributed by atoms with van der Waals surface area (Å²) in [6, 6.07) is -0.756. The van der Waals surface area contributed by atoms with E-state index >= 15 is 0 Å². The Kier molecular flexibility index (Phi) is 5.00. The number of ether oxygens (including phenoxy) is 1. The van der Waals surface area contributed by atoms with Crippen LogP contribution in [0.5, 0.6) is 0 Å². The van der Waals surface area contributed by atoms with Crippen molar-refractivity contribution in [3.05, 3.63) is 0 Å². The first-order valence-corrected chi connectivity index (χ1v) is 7.17. The molecule has 0 radical (unpaired) electrons. The molecule has 0 aliphatic carbocycles. The third kappa shape index (κ3) is 3.44. The Morgan fingerprint density at radius 3 is 2.86 bits per heavy atom. The van der Waals surface area contributed by atoms with Gasteiger partial charge in [-0.05, 0) is 6.42 Å². The standard InChI is InChI=1S/C13H21N3O5/c1-2-4-16(10-8-21-7-9(10)12(18)19)13(20)15-5-3-14-11(17)6-15/h9-10H,2-8H2,1H3,(H,14,17)(H,18,19). The summed E-state index contributed by atoms with van der Waals surface area (Å²) in [5.41, 5.74) is 0. The predicted octanol–water partition coefficient (Wildman–Crippen LogP) is -0.650. The lowest BCUT2D eigenvalue weighted by Crippen LogP contribution is -2.57. The van der Waals surface area contributed by atoms with Crippen molar-refractivity contribution in [2.75, 3.05) is 39.4 Å². The third-order valence-corrected chi connectivity index (χ3v) is 3.79. The molecular formula is C13H21N3O5. The zero-order valence-corrected chi connectivity index (χ0v) is 12.1. The largest absolute Gasteiger partial charge is 0.481 e. The summed E-state index contributed by atoms with van der Waals surface area (Å²) in [5, 5.41) is 11.9. The van der Waals surface area contributed by atoms with E-state index in [-0.39, 0.29) is 31.7 Å². The second-order valence-corrected chi connectivity index (χ2v) is 5.30. The first kappa shape index (κ1) is 15.6. The number of piperazine rings is 1. The Balaban J connectivity index is 2.11. The Morgan fingerprint density at radius 2 is 2.24 bits per heavy atom. The van der Waals surface area contributed by atoms with E-state index in [0.29, 0.717) is 26.1 Å². The summed E-state index contributed by atoms with van der Waals surface area (Å²) in [5.74, 6) is -1.86. The minimum absolute atomic E-state index is 0.0182. The lowest BCUT2D eigenvalue weighted by Gasteiger charge is -2.36. The lowest BCUT2D eigenvalue weighted by molar-refractivity contribution is -0.143. The van der Waals surface area contributed by atoms with Crippen molar-refractivity contribution in [2.45, 2.75) is 19.4 Å². The lowest BCUT2D eigenvalue weighted by atomic mass is 10.0. The second kappa shape index (κ2) is 6.75. The number of carboxylic acids is 1. The summed E-state index contributed by atoms with van der Waals surface area (Å²) < 4.78 is 5.24. The molecule has 2 aliphatic heterocycles. The van der Waals surface area contributed by atoms with Crippen LogP contribution in [0.1, 0.15) is 13.3 Å². The zero-order chi connectivity index (χ0) is 15.4. The molecule has 0 aromatic rings. The number of hydrogen-bond donors (Lipinski definition) is 2. The zero-order valence-electron chi connectivity index (χ0n) is 12.1. The Bertz CT molecular complexity index is 428. The smallest absolute Gasteiger partial charge is 0.320 e. The molecule has 0 aromatic heterocycles. The molecule has 3 amide bonds. The molecule has 2 aliphatic rings. The number of hydrogen-bond acceptors (Lipinski definition) is 4. The molecule has 0 spiro atoms. The normalized spacial score (nSPS) is 25.6.